The summed E-state index contributed by atoms with van der Waals surface area (Å²) in [6.45, 7) is 6.72. The minimum absolute atomic E-state index is 0.107. The number of nitrogens with zero attached hydrogens (tertiary/aromatic N) is 2. The van der Waals surface area contributed by atoms with E-state index in [1.807, 2.05) is 20.8 Å². The highest BCUT2D eigenvalue weighted by atomic mass is 16.4. The van der Waals surface area contributed by atoms with Gasteiger partial charge in [-0.25, -0.2) is 4.79 Å². The monoisotopic (exact) mass is 216 g/mol. The average molecular weight is 216 g/mol. The number of amidine groups is 1. The van der Waals surface area contributed by atoms with Crippen LogP contribution in [0.3, 0.4) is 0 Å². The predicted molar refractivity (Wildman–Crippen MR) is 58.9 cm³/mol. The molecule has 0 atom stereocenters. The van der Waals surface area contributed by atoms with Gasteiger partial charge in [0.25, 0.3) is 0 Å². The van der Waals surface area contributed by atoms with Crippen LogP contribution in [0.15, 0.2) is 5.16 Å². The maximum absolute atomic E-state index is 11.6. The quantitative estimate of drug-likeness (QED) is 0.271. The van der Waals surface area contributed by atoms with Gasteiger partial charge in [0.1, 0.15) is 5.84 Å². The first kappa shape index (κ1) is 13.5. The van der Waals surface area contributed by atoms with Gasteiger partial charge in [-0.3, -0.25) is 0 Å². The molecule has 0 bridgehead atoms. The molecule has 0 aromatic carbocycles. The van der Waals surface area contributed by atoms with Crippen LogP contribution in [0.25, 0.3) is 0 Å². The van der Waals surface area contributed by atoms with Crippen LogP contribution < -0.4 is 11.1 Å². The van der Waals surface area contributed by atoms with Crippen LogP contribution >= 0.6 is 0 Å². The molecular formula is C9H20N4O2. The summed E-state index contributed by atoms with van der Waals surface area (Å²) in [5, 5.41) is 14.0. The molecule has 6 nitrogen and oxygen atoms in total. The molecule has 88 valence electrons. The fraction of sp³-hybridized carbons (Fsp3) is 0.778. The molecular weight excluding hydrogens is 196 g/mol. The van der Waals surface area contributed by atoms with Crippen LogP contribution in [-0.2, 0) is 0 Å². The second kappa shape index (κ2) is 6.92. The Bertz CT molecular complexity index is 228. The van der Waals surface area contributed by atoms with Crippen molar-refractivity contribution < 1.29 is 10.0 Å². The Morgan fingerprint density at radius 1 is 1.60 bits per heavy atom. The van der Waals surface area contributed by atoms with Gasteiger partial charge < -0.3 is 21.2 Å². The molecule has 0 saturated carbocycles. The summed E-state index contributed by atoms with van der Waals surface area (Å²) in [5.74, 6) is 0.130. The molecule has 0 heterocycles. The number of hydrogen-bond acceptors (Lipinski definition) is 3. The molecule has 0 aliphatic carbocycles. The molecule has 0 unspecified atom stereocenters. The van der Waals surface area contributed by atoms with Gasteiger partial charge in [-0.05, 0) is 20.8 Å². The fourth-order valence-corrected chi connectivity index (χ4v) is 1.04. The van der Waals surface area contributed by atoms with E-state index in [0.717, 1.165) is 0 Å². The van der Waals surface area contributed by atoms with Crippen molar-refractivity contribution in [3.8, 4) is 0 Å². The summed E-state index contributed by atoms with van der Waals surface area (Å²) >= 11 is 0. The van der Waals surface area contributed by atoms with Crippen molar-refractivity contribution in [2.75, 3.05) is 13.1 Å². The molecule has 4 N–H and O–H groups in total. The Labute approximate surface area is 90.1 Å². The molecule has 0 saturated heterocycles. The number of oxime groups is 1. The second-order valence-electron chi connectivity index (χ2n) is 3.53. The van der Waals surface area contributed by atoms with E-state index in [-0.39, 0.29) is 17.9 Å². The van der Waals surface area contributed by atoms with E-state index >= 15 is 0 Å². The van der Waals surface area contributed by atoms with E-state index in [1.165, 1.54) is 0 Å². The molecule has 0 aromatic rings. The smallest absolute Gasteiger partial charge is 0.317 e. The highest BCUT2D eigenvalue weighted by Gasteiger charge is 2.12. The zero-order valence-electron chi connectivity index (χ0n) is 9.53. The van der Waals surface area contributed by atoms with Gasteiger partial charge in [0.15, 0.2) is 0 Å². The number of amides is 2. The van der Waals surface area contributed by atoms with E-state index in [2.05, 4.69) is 10.5 Å². The van der Waals surface area contributed by atoms with Gasteiger partial charge in [-0.15, -0.1) is 0 Å². The lowest BCUT2D eigenvalue weighted by atomic mass is 10.3. The highest BCUT2D eigenvalue weighted by Crippen LogP contribution is 1.94. The van der Waals surface area contributed by atoms with Crippen molar-refractivity contribution in [1.82, 2.24) is 10.2 Å². The lowest BCUT2D eigenvalue weighted by molar-refractivity contribution is 0.199. The molecule has 0 spiro atoms. The first-order valence-electron chi connectivity index (χ1n) is 5.03. The van der Waals surface area contributed by atoms with Crippen LogP contribution in [0.2, 0.25) is 0 Å². The maximum atomic E-state index is 11.6. The van der Waals surface area contributed by atoms with E-state index in [1.54, 1.807) is 4.90 Å². The minimum Gasteiger partial charge on any atom is -0.409 e. The molecule has 2 amide bonds. The lowest BCUT2D eigenvalue weighted by Crippen LogP contribution is -2.44. The summed E-state index contributed by atoms with van der Waals surface area (Å²) in [7, 11) is 0. The van der Waals surface area contributed by atoms with Crippen LogP contribution in [0.4, 0.5) is 4.79 Å². The molecule has 15 heavy (non-hydrogen) atoms. The molecule has 6 heteroatoms. The van der Waals surface area contributed by atoms with Crippen LogP contribution in [0, 0.1) is 0 Å². The van der Waals surface area contributed by atoms with Crippen molar-refractivity contribution in [2.24, 2.45) is 10.9 Å². The lowest BCUT2D eigenvalue weighted by Gasteiger charge is -2.22. The SMILES string of the molecule is CCN(CCC(N)=NO)C(=O)NC(C)C. The van der Waals surface area contributed by atoms with Crippen LogP contribution in [0.1, 0.15) is 27.2 Å². The van der Waals surface area contributed by atoms with Crippen LogP contribution in [-0.4, -0.2) is 41.1 Å². The number of carbonyl (C=O) groups excluding carboxylic acids is 1. The van der Waals surface area contributed by atoms with Crippen molar-refractivity contribution >= 4 is 11.9 Å². The Kier molecular flexibility index (Phi) is 6.24. The van der Waals surface area contributed by atoms with Crippen molar-refractivity contribution in [3.05, 3.63) is 0 Å². The highest BCUT2D eigenvalue weighted by molar-refractivity contribution is 5.81. The van der Waals surface area contributed by atoms with E-state index in [4.69, 9.17) is 10.9 Å². The summed E-state index contributed by atoms with van der Waals surface area (Å²) in [6.07, 6.45) is 0.371. The molecule has 0 aromatic heterocycles. The van der Waals surface area contributed by atoms with Gasteiger partial charge in [-0.1, -0.05) is 5.16 Å². The molecule has 0 rings (SSSR count). The zero-order valence-corrected chi connectivity index (χ0v) is 9.53. The van der Waals surface area contributed by atoms with Crippen molar-refractivity contribution in [2.45, 2.75) is 33.2 Å². The van der Waals surface area contributed by atoms with Gasteiger partial charge in [-0.2, -0.15) is 0 Å². The first-order valence-corrected chi connectivity index (χ1v) is 5.03. The van der Waals surface area contributed by atoms with Crippen molar-refractivity contribution in [1.29, 1.82) is 0 Å². The normalized spacial score (nSPS) is 11.6. The molecule has 0 radical (unpaired) electrons. The third-order valence-electron chi connectivity index (χ3n) is 1.85. The third-order valence-corrected chi connectivity index (χ3v) is 1.85. The number of hydrogen-bond donors (Lipinski definition) is 3. The molecule has 0 fully saturated rings. The molecule has 0 aliphatic rings. The van der Waals surface area contributed by atoms with Crippen LogP contribution in [0.5, 0.6) is 0 Å². The van der Waals surface area contributed by atoms with E-state index < -0.39 is 0 Å². The Morgan fingerprint density at radius 2 is 2.20 bits per heavy atom. The average Bonchev–Trinajstić information content (AvgIpc) is 2.17. The van der Waals surface area contributed by atoms with E-state index in [9.17, 15) is 4.79 Å². The molecule has 0 aliphatic heterocycles. The zero-order chi connectivity index (χ0) is 11.8. The van der Waals surface area contributed by atoms with Gasteiger partial charge in [0, 0.05) is 25.6 Å². The predicted octanol–water partition coefficient (Wildman–Crippen LogP) is 0.563. The Balaban J connectivity index is 4.07. The second-order valence-corrected chi connectivity index (χ2v) is 3.53. The number of urea groups is 1. The maximum Gasteiger partial charge on any atom is 0.317 e. The Hall–Kier alpha value is -1.46. The summed E-state index contributed by atoms with van der Waals surface area (Å²) < 4.78 is 0. The minimum atomic E-state index is -0.127. The number of nitrogens with one attached hydrogen (secondary N) is 1. The van der Waals surface area contributed by atoms with Gasteiger partial charge >= 0.3 is 6.03 Å². The standard InChI is InChI=1S/C9H20N4O2/c1-4-13(6-5-8(10)12-15)9(14)11-7(2)3/h7,15H,4-6H2,1-3H3,(H2,10,12)(H,11,14). The van der Waals surface area contributed by atoms with Gasteiger partial charge in [0.05, 0.1) is 0 Å². The first-order chi connectivity index (χ1) is 7.01. The number of rotatable bonds is 5. The topological polar surface area (TPSA) is 90.9 Å². The Morgan fingerprint density at radius 3 is 2.60 bits per heavy atom. The summed E-state index contributed by atoms with van der Waals surface area (Å²) in [5.41, 5.74) is 5.32. The van der Waals surface area contributed by atoms with Gasteiger partial charge in [0.2, 0.25) is 0 Å². The number of carbonyl (C=O) groups is 1. The third kappa shape index (κ3) is 5.77. The number of nitrogens with two attached hydrogens (primary N) is 1. The fourth-order valence-electron chi connectivity index (χ4n) is 1.04. The summed E-state index contributed by atoms with van der Waals surface area (Å²) in [4.78, 5) is 13.2. The largest absolute Gasteiger partial charge is 0.409 e. The van der Waals surface area contributed by atoms with Crippen molar-refractivity contribution in [3.63, 3.8) is 0 Å². The summed E-state index contributed by atoms with van der Waals surface area (Å²) in [6, 6.07) is -0.0198. The van der Waals surface area contributed by atoms with E-state index in [0.29, 0.717) is 19.5 Å².